The van der Waals surface area contributed by atoms with Gasteiger partial charge in [-0.25, -0.2) is 4.39 Å². The van der Waals surface area contributed by atoms with Gasteiger partial charge in [-0.1, -0.05) is 19.3 Å². The second kappa shape index (κ2) is 5.13. The van der Waals surface area contributed by atoms with E-state index in [4.69, 9.17) is 4.74 Å². The van der Waals surface area contributed by atoms with E-state index in [1.807, 2.05) is 12.1 Å². The summed E-state index contributed by atoms with van der Waals surface area (Å²) in [7, 11) is 0. The third-order valence-corrected chi connectivity index (χ3v) is 5.24. The topological polar surface area (TPSA) is 14.2 Å². The largest absolute Gasteiger partial charge is 0.370 e. The summed E-state index contributed by atoms with van der Waals surface area (Å²) >= 11 is 0. The Labute approximate surface area is 124 Å². The van der Waals surface area contributed by atoms with Gasteiger partial charge in [0.25, 0.3) is 0 Å². The highest BCUT2D eigenvalue weighted by molar-refractivity contribution is 5.80. The van der Waals surface area contributed by atoms with Crippen molar-refractivity contribution < 1.29 is 9.13 Å². The molecule has 1 aliphatic carbocycles. The Bertz CT molecular complexity index is 642. The van der Waals surface area contributed by atoms with E-state index in [1.165, 1.54) is 44.6 Å². The summed E-state index contributed by atoms with van der Waals surface area (Å²) in [4.78, 5) is 0. The van der Waals surface area contributed by atoms with Gasteiger partial charge in [-0.05, 0) is 49.9 Å². The smallest absolute Gasteiger partial charge is 0.123 e. The molecule has 21 heavy (non-hydrogen) atoms. The molecule has 2 aliphatic rings. The molecule has 0 amide bonds. The van der Waals surface area contributed by atoms with Crippen molar-refractivity contribution in [1.82, 2.24) is 4.57 Å². The van der Waals surface area contributed by atoms with E-state index >= 15 is 0 Å². The van der Waals surface area contributed by atoms with Gasteiger partial charge < -0.3 is 9.30 Å². The van der Waals surface area contributed by atoms with Gasteiger partial charge in [0.15, 0.2) is 0 Å². The quantitative estimate of drug-likeness (QED) is 0.783. The third kappa shape index (κ3) is 2.48. The molecule has 2 heterocycles. The molecule has 0 N–H and O–H groups in total. The predicted molar refractivity (Wildman–Crippen MR) is 81.8 cm³/mol. The van der Waals surface area contributed by atoms with Crippen LogP contribution in [0.5, 0.6) is 0 Å². The first-order chi connectivity index (χ1) is 10.2. The lowest BCUT2D eigenvalue weighted by molar-refractivity contribution is -0.0676. The Hall–Kier alpha value is -1.35. The molecule has 1 saturated heterocycles. The van der Waals surface area contributed by atoms with Crippen molar-refractivity contribution in [3.63, 3.8) is 0 Å². The van der Waals surface area contributed by atoms with Crippen molar-refractivity contribution in [3.8, 4) is 0 Å². The van der Waals surface area contributed by atoms with Gasteiger partial charge >= 0.3 is 0 Å². The predicted octanol–water partition coefficient (Wildman–Crippen LogP) is 4.66. The molecule has 1 aromatic carbocycles. The van der Waals surface area contributed by atoms with Gasteiger partial charge in [0, 0.05) is 23.6 Å². The lowest BCUT2D eigenvalue weighted by Crippen LogP contribution is -2.32. The first kappa shape index (κ1) is 13.3. The minimum Gasteiger partial charge on any atom is -0.370 e. The molecule has 2 aromatic rings. The Morgan fingerprint density at radius 3 is 2.86 bits per heavy atom. The molecule has 112 valence electrons. The number of halogens is 1. The monoisotopic (exact) mass is 287 g/mol. The standard InChI is InChI=1S/C18H22FNO/c19-15-4-5-17-14(12-15)7-11-20(17)13-16-6-10-18(21-16)8-2-1-3-9-18/h4-5,7,11-12,16H,1-3,6,8-10,13H2. The summed E-state index contributed by atoms with van der Waals surface area (Å²) in [6, 6.07) is 7.00. The van der Waals surface area contributed by atoms with Gasteiger partial charge in [0.1, 0.15) is 5.82 Å². The van der Waals surface area contributed by atoms with Gasteiger partial charge in [0.2, 0.25) is 0 Å². The summed E-state index contributed by atoms with van der Waals surface area (Å²) in [5.41, 5.74) is 1.28. The van der Waals surface area contributed by atoms with Crippen LogP contribution in [0.1, 0.15) is 44.9 Å². The third-order valence-electron chi connectivity index (χ3n) is 5.24. The maximum absolute atomic E-state index is 13.3. The minimum absolute atomic E-state index is 0.168. The van der Waals surface area contributed by atoms with E-state index in [0.717, 1.165) is 23.9 Å². The second-order valence-electron chi connectivity index (χ2n) is 6.69. The number of fused-ring (bicyclic) bond motifs is 1. The van der Waals surface area contributed by atoms with Gasteiger partial charge in [-0.3, -0.25) is 0 Å². The van der Waals surface area contributed by atoms with Crippen LogP contribution in [-0.4, -0.2) is 16.3 Å². The maximum Gasteiger partial charge on any atom is 0.123 e. The zero-order valence-corrected chi connectivity index (χ0v) is 12.4. The molecule has 2 fully saturated rings. The fourth-order valence-corrected chi connectivity index (χ4v) is 4.14. The fraction of sp³-hybridized carbons (Fsp3) is 0.556. The number of hydrogen-bond acceptors (Lipinski definition) is 1. The highest BCUT2D eigenvalue weighted by Crippen LogP contribution is 2.42. The van der Waals surface area contributed by atoms with E-state index in [9.17, 15) is 4.39 Å². The molecular weight excluding hydrogens is 265 g/mol. The van der Waals surface area contributed by atoms with Crippen LogP contribution >= 0.6 is 0 Å². The van der Waals surface area contributed by atoms with Crippen LogP contribution in [0.15, 0.2) is 30.5 Å². The zero-order valence-electron chi connectivity index (χ0n) is 12.4. The Morgan fingerprint density at radius 1 is 1.14 bits per heavy atom. The summed E-state index contributed by atoms with van der Waals surface area (Å²) in [5, 5.41) is 0.973. The number of aromatic nitrogens is 1. The molecule has 2 nitrogen and oxygen atoms in total. The molecule has 3 heteroatoms. The zero-order chi connectivity index (χ0) is 14.3. The molecule has 0 radical (unpaired) electrons. The number of ether oxygens (including phenoxy) is 1. The Morgan fingerprint density at radius 2 is 2.00 bits per heavy atom. The molecule has 0 bridgehead atoms. The average Bonchev–Trinajstić information content (AvgIpc) is 3.05. The number of hydrogen-bond donors (Lipinski definition) is 0. The summed E-state index contributed by atoms with van der Waals surface area (Å²) in [6.07, 6.45) is 11.2. The molecular formula is C18H22FNO. The maximum atomic E-state index is 13.3. The first-order valence-corrected chi connectivity index (χ1v) is 8.16. The van der Waals surface area contributed by atoms with E-state index in [2.05, 4.69) is 10.8 Å². The van der Waals surface area contributed by atoms with E-state index in [-0.39, 0.29) is 11.4 Å². The Balaban J connectivity index is 1.50. The van der Waals surface area contributed by atoms with Crippen LogP contribution < -0.4 is 0 Å². The second-order valence-corrected chi connectivity index (χ2v) is 6.69. The molecule has 1 saturated carbocycles. The summed E-state index contributed by atoms with van der Waals surface area (Å²) in [5.74, 6) is -0.168. The van der Waals surface area contributed by atoms with Crippen molar-refractivity contribution in [1.29, 1.82) is 0 Å². The van der Waals surface area contributed by atoms with Crippen molar-refractivity contribution in [2.24, 2.45) is 0 Å². The van der Waals surface area contributed by atoms with Gasteiger partial charge in [0.05, 0.1) is 11.7 Å². The number of rotatable bonds is 2. The highest BCUT2D eigenvalue weighted by atomic mass is 19.1. The van der Waals surface area contributed by atoms with Gasteiger partial charge in [-0.2, -0.15) is 0 Å². The van der Waals surface area contributed by atoms with Crippen molar-refractivity contribution in [2.45, 2.75) is 63.2 Å². The van der Waals surface area contributed by atoms with Crippen molar-refractivity contribution in [2.75, 3.05) is 0 Å². The van der Waals surface area contributed by atoms with E-state index in [0.29, 0.717) is 6.10 Å². The van der Waals surface area contributed by atoms with Crippen LogP contribution in [0.3, 0.4) is 0 Å². The average molecular weight is 287 g/mol. The lowest BCUT2D eigenvalue weighted by atomic mass is 9.83. The van der Waals surface area contributed by atoms with Crippen LogP contribution in [0.25, 0.3) is 10.9 Å². The van der Waals surface area contributed by atoms with Crippen LogP contribution in [-0.2, 0) is 11.3 Å². The molecule has 1 aliphatic heterocycles. The molecule has 1 unspecified atom stereocenters. The lowest BCUT2D eigenvalue weighted by Gasteiger charge is -2.33. The van der Waals surface area contributed by atoms with Crippen LogP contribution in [0.4, 0.5) is 4.39 Å². The van der Waals surface area contributed by atoms with Gasteiger partial charge in [-0.15, -0.1) is 0 Å². The molecule has 1 atom stereocenters. The highest BCUT2D eigenvalue weighted by Gasteiger charge is 2.40. The normalized spacial score (nSPS) is 24.9. The number of nitrogens with zero attached hydrogens (tertiary/aromatic N) is 1. The van der Waals surface area contributed by atoms with Crippen LogP contribution in [0, 0.1) is 5.82 Å². The summed E-state index contributed by atoms with van der Waals surface area (Å²) < 4.78 is 21.9. The summed E-state index contributed by atoms with van der Waals surface area (Å²) in [6.45, 7) is 0.886. The minimum atomic E-state index is -0.168. The molecule has 1 spiro atoms. The SMILES string of the molecule is Fc1ccc2c(ccn2CC2CCC3(CCCCC3)O2)c1. The van der Waals surface area contributed by atoms with E-state index < -0.39 is 0 Å². The van der Waals surface area contributed by atoms with E-state index in [1.54, 1.807) is 6.07 Å². The molecule has 4 rings (SSSR count). The van der Waals surface area contributed by atoms with Crippen molar-refractivity contribution >= 4 is 10.9 Å². The number of benzene rings is 1. The molecule has 1 aromatic heterocycles. The Kier molecular flexibility index (Phi) is 3.26. The first-order valence-electron chi connectivity index (χ1n) is 8.16. The van der Waals surface area contributed by atoms with Crippen LogP contribution in [0.2, 0.25) is 0 Å². The fourth-order valence-electron chi connectivity index (χ4n) is 4.14. The van der Waals surface area contributed by atoms with Crippen molar-refractivity contribution in [3.05, 3.63) is 36.3 Å².